The van der Waals surface area contributed by atoms with Crippen molar-refractivity contribution in [1.82, 2.24) is 15.1 Å². The summed E-state index contributed by atoms with van der Waals surface area (Å²) < 4.78 is 5.37. The van der Waals surface area contributed by atoms with E-state index in [9.17, 15) is 0 Å². The Morgan fingerprint density at radius 1 is 0.696 bits per heavy atom. The Morgan fingerprint density at radius 3 is 2.13 bits per heavy atom. The molecule has 4 heteroatoms. The van der Waals surface area contributed by atoms with Crippen molar-refractivity contribution in [2.75, 3.05) is 0 Å². The molecule has 2 heterocycles. The van der Waals surface area contributed by atoms with Gasteiger partial charge in [-0.2, -0.15) is 4.98 Å². The highest BCUT2D eigenvalue weighted by Gasteiger charge is 2.12. The lowest BCUT2D eigenvalue weighted by atomic mass is 10.1. The predicted octanol–water partition coefficient (Wildman–Crippen LogP) is 4.47. The van der Waals surface area contributed by atoms with E-state index < -0.39 is 0 Å². The summed E-state index contributed by atoms with van der Waals surface area (Å²) in [4.78, 5) is 8.79. The maximum atomic E-state index is 5.37. The molecule has 0 radical (unpaired) electrons. The van der Waals surface area contributed by atoms with Crippen LogP contribution in [0.5, 0.6) is 0 Å². The van der Waals surface area contributed by atoms with Gasteiger partial charge in [0.15, 0.2) is 0 Å². The van der Waals surface area contributed by atoms with Gasteiger partial charge in [-0.05, 0) is 23.3 Å². The van der Waals surface area contributed by atoms with Crippen molar-refractivity contribution in [2.24, 2.45) is 0 Å². The summed E-state index contributed by atoms with van der Waals surface area (Å²) >= 11 is 0. The molecular formula is C19H13N3O. The number of nitrogens with zero attached hydrogens (tertiary/aromatic N) is 3. The smallest absolute Gasteiger partial charge is 0.276 e. The van der Waals surface area contributed by atoms with Crippen LogP contribution in [0.15, 0.2) is 83.5 Å². The summed E-state index contributed by atoms with van der Waals surface area (Å²) in [7, 11) is 0. The van der Waals surface area contributed by atoms with Crippen molar-refractivity contribution < 1.29 is 4.52 Å². The first kappa shape index (κ1) is 13.4. The summed E-state index contributed by atoms with van der Waals surface area (Å²) in [5, 5.41) is 4.04. The van der Waals surface area contributed by atoms with E-state index >= 15 is 0 Å². The Morgan fingerprint density at radius 2 is 1.39 bits per heavy atom. The van der Waals surface area contributed by atoms with Gasteiger partial charge in [-0.25, -0.2) is 0 Å². The summed E-state index contributed by atoms with van der Waals surface area (Å²) in [5.41, 5.74) is 3.77. The molecule has 23 heavy (non-hydrogen) atoms. The van der Waals surface area contributed by atoms with Crippen molar-refractivity contribution in [3.05, 3.63) is 79.0 Å². The molecule has 0 fully saturated rings. The second-order valence-electron chi connectivity index (χ2n) is 5.08. The van der Waals surface area contributed by atoms with Gasteiger partial charge in [0.25, 0.3) is 5.89 Å². The maximum Gasteiger partial charge on any atom is 0.276 e. The summed E-state index contributed by atoms with van der Waals surface area (Å²) in [6.45, 7) is 0. The highest BCUT2D eigenvalue weighted by atomic mass is 16.5. The minimum atomic E-state index is 0.418. The first-order valence-electron chi connectivity index (χ1n) is 7.31. The van der Waals surface area contributed by atoms with Crippen LogP contribution in [0.2, 0.25) is 0 Å². The van der Waals surface area contributed by atoms with Crippen LogP contribution in [-0.2, 0) is 0 Å². The van der Waals surface area contributed by atoms with Gasteiger partial charge >= 0.3 is 0 Å². The summed E-state index contributed by atoms with van der Waals surface area (Å²) in [6.07, 6.45) is 1.75. The van der Waals surface area contributed by atoms with Gasteiger partial charge in [0.05, 0.1) is 0 Å². The average Bonchev–Trinajstić information content (AvgIpc) is 3.14. The largest absolute Gasteiger partial charge is 0.332 e. The molecule has 0 bridgehead atoms. The van der Waals surface area contributed by atoms with E-state index in [4.69, 9.17) is 4.52 Å². The average molecular weight is 299 g/mol. The Labute approximate surface area is 133 Å². The van der Waals surface area contributed by atoms with E-state index in [1.165, 1.54) is 0 Å². The number of aromatic nitrogens is 3. The van der Waals surface area contributed by atoms with E-state index in [0.717, 1.165) is 16.7 Å². The molecule has 2 aromatic heterocycles. The second kappa shape index (κ2) is 5.85. The van der Waals surface area contributed by atoms with Crippen molar-refractivity contribution in [1.29, 1.82) is 0 Å². The first-order valence-corrected chi connectivity index (χ1v) is 7.31. The quantitative estimate of drug-likeness (QED) is 0.560. The third kappa shape index (κ3) is 2.74. The van der Waals surface area contributed by atoms with E-state index in [2.05, 4.69) is 27.3 Å². The lowest BCUT2D eigenvalue weighted by Crippen LogP contribution is -1.86. The Balaban J connectivity index is 1.71. The molecule has 110 valence electrons. The molecule has 0 aliphatic heterocycles. The topological polar surface area (TPSA) is 51.8 Å². The maximum absolute atomic E-state index is 5.37. The van der Waals surface area contributed by atoms with Crippen LogP contribution >= 0.6 is 0 Å². The molecule has 2 aromatic carbocycles. The Bertz CT molecular complexity index is 918. The van der Waals surface area contributed by atoms with Gasteiger partial charge in [0.2, 0.25) is 5.82 Å². The molecule has 0 spiro atoms. The highest BCUT2D eigenvalue weighted by Crippen LogP contribution is 2.25. The van der Waals surface area contributed by atoms with Crippen LogP contribution in [-0.4, -0.2) is 15.1 Å². The van der Waals surface area contributed by atoms with Crippen LogP contribution < -0.4 is 0 Å². The number of hydrogen-bond donors (Lipinski definition) is 0. The van der Waals surface area contributed by atoms with Crippen molar-refractivity contribution in [2.45, 2.75) is 0 Å². The van der Waals surface area contributed by atoms with E-state index in [-0.39, 0.29) is 0 Å². The standard InChI is InChI=1S/C19H13N3O/c1-3-7-14(8-4-1)16-11-12-20-17(13-16)19-21-18(22-23-19)15-9-5-2-6-10-15/h1-13H. The van der Waals surface area contributed by atoms with Gasteiger partial charge in [0, 0.05) is 11.8 Å². The van der Waals surface area contributed by atoms with Gasteiger partial charge in [-0.1, -0.05) is 65.8 Å². The predicted molar refractivity (Wildman–Crippen MR) is 88.4 cm³/mol. The summed E-state index contributed by atoms with van der Waals surface area (Å²) in [5.74, 6) is 0.981. The second-order valence-corrected chi connectivity index (χ2v) is 5.08. The molecule has 0 unspecified atom stereocenters. The Kier molecular flexibility index (Phi) is 3.41. The molecule has 4 aromatic rings. The highest BCUT2D eigenvalue weighted by molar-refractivity contribution is 5.68. The first-order chi connectivity index (χ1) is 11.4. The molecule has 0 aliphatic rings. The van der Waals surface area contributed by atoms with Crippen LogP contribution in [0.3, 0.4) is 0 Å². The molecule has 0 N–H and O–H groups in total. The van der Waals surface area contributed by atoms with Gasteiger partial charge in [-0.3, -0.25) is 4.98 Å². The fourth-order valence-corrected chi connectivity index (χ4v) is 2.39. The lowest BCUT2D eigenvalue weighted by molar-refractivity contribution is 0.431. The van der Waals surface area contributed by atoms with Crippen LogP contribution in [0, 0.1) is 0 Å². The molecule has 0 amide bonds. The zero-order valence-corrected chi connectivity index (χ0v) is 12.3. The third-order valence-corrected chi connectivity index (χ3v) is 3.54. The van der Waals surface area contributed by atoms with Gasteiger partial charge < -0.3 is 4.52 Å². The SMILES string of the molecule is c1ccc(-c2ccnc(-c3nc(-c4ccccc4)no3)c2)cc1. The number of rotatable bonds is 3. The number of benzene rings is 2. The van der Waals surface area contributed by atoms with Crippen LogP contribution in [0.25, 0.3) is 34.1 Å². The van der Waals surface area contributed by atoms with E-state index in [0.29, 0.717) is 17.4 Å². The van der Waals surface area contributed by atoms with Gasteiger partial charge in [0.1, 0.15) is 5.69 Å². The molecule has 0 aliphatic carbocycles. The Hall–Kier alpha value is -3.27. The lowest BCUT2D eigenvalue weighted by Gasteiger charge is -2.01. The minimum absolute atomic E-state index is 0.418. The summed E-state index contributed by atoms with van der Waals surface area (Å²) in [6, 6.07) is 23.8. The molecule has 0 saturated heterocycles. The monoisotopic (exact) mass is 299 g/mol. The normalized spacial score (nSPS) is 10.6. The molecular weight excluding hydrogens is 286 g/mol. The van der Waals surface area contributed by atoms with Crippen LogP contribution in [0.1, 0.15) is 0 Å². The van der Waals surface area contributed by atoms with E-state index in [1.807, 2.05) is 60.7 Å². The third-order valence-electron chi connectivity index (χ3n) is 3.54. The van der Waals surface area contributed by atoms with E-state index in [1.54, 1.807) is 6.20 Å². The van der Waals surface area contributed by atoms with Crippen molar-refractivity contribution in [3.8, 4) is 34.1 Å². The molecule has 0 saturated carbocycles. The van der Waals surface area contributed by atoms with Crippen molar-refractivity contribution >= 4 is 0 Å². The number of hydrogen-bond acceptors (Lipinski definition) is 4. The molecule has 0 atom stereocenters. The van der Waals surface area contributed by atoms with Crippen LogP contribution in [0.4, 0.5) is 0 Å². The fraction of sp³-hybridized carbons (Fsp3) is 0. The molecule has 4 nitrogen and oxygen atoms in total. The van der Waals surface area contributed by atoms with Gasteiger partial charge in [-0.15, -0.1) is 0 Å². The molecule has 4 rings (SSSR count). The number of pyridine rings is 1. The zero-order chi connectivity index (χ0) is 15.5. The fourth-order valence-electron chi connectivity index (χ4n) is 2.39. The van der Waals surface area contributed by atoms with Crippen molar-refractivity contribution in [3.63, 3.8) is 0 Å². The zero-order valence-electron chi connectivity index (χ0n) is 12.3. The minimum Gasteiger partial charge on any atom is -0.332 e.